The van der Waals surface area contributed by atoms with E-state index in [0.717, 1.165) is 17.1 Å². The van der Waals surface area contributed by atoms with Gasteiger partial charge in [-0.2, -0.15) is 0 Å². The molecule has 0 radical (unpaired) electrons. The summed E-state index contributed by atoms with van der Waals surface area (Å²) in [6, 6.07) is 81.4. The first kappa shape index (κ1) is 32.4. The standard InChI is InChI=1S/C54H37N/c1-3-14-38(15-4-1)39-28-33-44(34-29-39)55(45-35-30-42(31-36-45)47-23-13-25-49-46-21-8-7-18-41(46)32-37-50(47)49)53-27-10-9-22-51(53)52-26-12-20-43-19-11-24-48(54(43)52)40-16-5-2-6-17-40/h1-37H. The van der Waals surface area contributed by atoms with Gasteiger partial charge in [-0.05, 0) is 102 Å². The lowest BCUT2D eigenvalue weighted by Crippen LogP contribution is -2.11. The number of hydrogen-bond acceptors (Lipinski definition) is 1. The Bertz CT molecular complexity index is 2940. The first-order chi connectivity index (χ1) is 27.3. The van der Waals surface area contributed by atoms with Gasteiger partial charge in [0.05, 0.1) is 5.69 Å². The molecule has 0 aliphatic carbocycles. The molecule has 0 aliphatic heterocycles. The summed E-state index contributed by atoms with van der Waals surface area (Å²) in [5.41, 5.74) is 13.0. The maximum absolute atomic E-state index is 2.41. The van der Waals surface area contributed by atoms with Gasteiger partial charge in [-0.1, -0.05) is 194 Å². The number of anilines is 3. The largest absolute Gasteiger partial charge is 0.310 e. The minimum Gasteiger partial charge on any atom is -0.310 e. The molecule has 0 amide bonds. The average Bonchev–Trinajstić information content (AvgIpc) is 3.27. The van der Waals surface area contributed by atoms with Gasteiger partial charge in [-0.15, -0.1) is 0 Å². The highest BCUT2D eigenvalue weighted by atomic mass is 15.1. The molecule has 10 rings (SSSR count). The highest BCUT2D eigenvalue weighted by Gasteiger charge is 2.20. The molecular weight excluding hydrogens is 663 g/mol. The van der Waals surface area contributed by atoms with Crippen LogP contribution in [0, 0.1) is 0 Å². The third-order valence-corrected chi connectivity index (χ3v) is 10.9. The number of hydrogen-bond donors (Lipinski definition) is 0. The van der Waals surface area contributed by atoms with Gasteiger partial charge in [0.1, 0.15) is 0 Å². The Kier molecular flexibility index (Phi) is 8.24. The van der Waals surface area contributed by atoms with Crippen molar-refractivity contribution in [3.63, 3.8) is 0 Å². The Morgan fingerprint density at radius 3 is 1.47 bits per heavy atom. The smallest absolute Gasteiger partial charge is 0.0540 e. The van der Waals surface area contributed by atoms with Crippen LogP contribution in [0.4, 0.5) is 17.1 Å². The summed E-state index contributed by atoms with van der Waals surface area (Å²) in [5, 5.41) is 7.55. The Morgan fingerprint density at radius 1 is 0.236 bits per heavy atom. The van der Waals surface area contributed by atoms with Crippen LogP contribution in [-0.4, -0.2) is 0 Å². The van der Waals surface area contributed by atoms with Gasteiger partial charge in [0.2, 0.25) is 0 Å². The molecule has 0 N–H and O–H groups in total. The minimum atomic E-state index is 1.10. The second kappa shape index (κ2) is 14.0. The first-order valence-electron chi connectivity index (χ1n) is 18.9. The number of para-hydroxylation sites is 1. The maximum Gasteiger partial charge on any atom is 0.0540 e. The van der Waals surface area contributed by atoms with Crippen molar-refractivity contribution in [2.45, 2.75) is 0 Å². The Labute approximate surface area is 322 Å². The molecule has 0 bridgehead atoms. The topological polar surface area (TPSA) is 3.24 Å². The predicted octanol–water partition coefficient (Wildman–Crippen LogP) is 15.3. The molecule has 0 atom stereocenters. The van der Waals surface area contributed by atoms with E-state index in [1.54, 1.807) is 0 Å². The zero-order chi connectivity index (χ0) is 36.6. The van der Waals surface area contributed by atoms with Gasteiger partial charge in [0.25, 0.3) is 0 Å². The fourth-order valence-electron chi connectivity index (χ4n) is 8.26. The molecule has 1 nitrogen and oxygen atoms in total. The molecule has 0 unspecified atom stereocenters. The van der Waals surface area contributed by atoms with Crippen molar-refractivity contribution in [2.75, 3.05) is 4.90 Å². The van der Waals surface area contributed by atoms with Crippen LogP contribution in [0.1, 0.15) is 0 Å². The van der Waals surface area contributed by atoms with Crippen LogP contribution in [0.15, 0.2) is 224 Å². The molecule has 55 heavy (non-hydrogen) atoms. The summed E-state index contributed by atoms with van der Waals surface area (Å²) < 4.78 is 0. The quantitative estimate of drug-likeness (QED) is 0.150. The molecule has 0 saturated carbocycles. The summed E-state index contributed by atoms with van der Waals surface area (Å²) in [6.07, 6.45) is 0. The predicted molar refractivity (Wildman–Crippen MR) is 235 cm³/mol. The van der Waals surface area contributed by atoms with Crippen LogP contribution in [0.2, 0.25) is 0 Å². The highest BCUT2D eigenvalue weighted by Crippen LogP contribution is 2.45. The van der Waals surface area contributed by atoms with E-state index >= 15 is 0 Å². The molecule has 0 saturated heterocycles. The summed E-state index contributed by atoms with van der Waals surface area (Å²) >= 11 is 0. The van der Waals surface area contributed by atoms with Crippen LogP contribution in [0.5, 0.6) is 0 Å². The maximum atomic E-state index is 2.41. The van der Waals surface area contributed by atoms with Gasteiger partial charge in [-0.3, -0.25) is 0 Å². The van der Waals surface area contributed by atoms with Crippen molar-refractivity contribution >= 4 is 49.4 Å². The monoisotopic (exact) mass is 699 g/mol. The van der Waals surface area contributed by atoms with E-state index in [4.69, 9.17) is 0 Å². The van der Waals surface area contributed by atoms with E-state index in [1.807, 2.05) is 0 Å². The van der Waals surface area contributed by atoms with Gasteiger partial charge in [-0.25, -0.2) is 0 Å². The van der Waals surface area contributed by atoms with Crippen LogP contribution in [0.3, 0.4) is 0 Å². The van der Waals surface area contributed by atoms with Crippen molar-refractivity contribution in [1.82, 2.24) is 0 Å². The summed E-state index contributed by atoms with van der Waals surface area (Å²) in [5.74, 6) is 0. The van der Waals surface area contributed by atoms with Crippen molar-refractivity contribution in [3.05, 3.63) is 224 Å². The molecule has 10 aromatic carbocycles. The number of nitrogens with zero attached hydrogens (tertiary/aromatic N) is 1. The van der Waals surface area contributed by atoms with Gasteiger partial charge >= 0.3 is 0 Å². The van der Waals surface area contributed by atoms with E-state index < -0.39 is 0 Å². The molecule has 10 aromatic rings. The summed E-state index contributed by atoms with van der Waals surface area (Å²) in [4.78, 5) is 2.41. The van der Waals surface area contributed by atoms with Crippen LogP contribution >= 0.6 is 0 Å². The van der Waals surface area contributed by atoms with E-state index in [9.17, 15) is 0 Å². The van der Waals surface area contributed by atoms with E-state index in [2.05, 4.69) is 229 Å². The fraction of sp³-hybridized carbons (Fsp3) is 0. The van der Waals surface area contributed by atoms with Gasteiger partial charge in [0, 0.05) is 16.9 Å². The summed E-state index contributed by atoms with van der Waals surface area (Å²) in [7, 11) is 0. The SMILES string of the molecule is c1ccc(-c2ccc(N(c3ccc(-c4cccc5c4ccc4ccccc45)cc3)c3ccccc3-c3cccc4cccc(-c5ccccc5)c34)cc2)cc1. The van der Waals surface area contributed by atoms with Gasteiger partial charge < -0.3 is 4.90 Å². The second-order valence-corrected chi connectivity index (χ2v) is 14.1. The molecule has 0 aliphatic rings. The minimum absolute atomic E-state index is 1.10. The first-order valence-corrected chi connectivity index (χ1v) is 18.9. The van der Waals surface area contributed by atoms with Crippen LogP contribution in [0.25, 0.3) is 76.8 Å². The van der Waals surface area contributed by atoms with Gasteiger partial charge in [0.15, 0.2) is 0 Å². The number of fused-ring (bicyclic) bond motifs is 4. The molecule has 1 heteroatoms. The van der Waals surface area contributed by atoms with Crippen LogP contribution < -0.4 is 4.90 Å². The Morgan fingerprint density at radius 2 is 0.727 bits per heavy atom. The lowest BCUT2D eigenvalue weighted by atomic mass is 9.90. The van der Waals surface area contributed by atoms with Crippen molar-refractivity contribution in [2.24, 2.45) is 0 Å². The number of rotatable bonds is 7. The molecule has 258 valence electrons. The third kappa shape index (κ3) is 5.93. The van der Waals surface area contributed by atoms with Crippen molar-refractivity contribution < 1.29 is 0 Å². The van der Waals surface area contributed by atoms with Crippen molar-refractivity contribution in [3.8, 4) is 44.5 Å². The van der Waals surface area contributed by atoms with Crippen molar-refractivity contribution in [1.29, 1.82) is 0 Å². The normalized spacial score (nSPS) is 11.3. The lowest BCUT2D eigenvalue weighted by molar-refractivity contribution is 1.28. The molecular formula is C54H37N. The molecule has 0 spiro atoms. The Hall–Kier alpha value is -7.22. The summed E-state index contributed by atoms with van der Waals surface area (Å²) in [6.45, 7) is 0. The molecule has 0 aromatic heterocycles. The van der Waals surface area contributed by atoms with Crippen LogP contribution in [-0.2, 0) is 0 Å². The fourth-order valence-corrected chi connectivity index (χ4v) is 8.26. The zero-order valence-electron chi connectivity index (χ0n) is 30.3. The van der Waals surface area contributed by atoms with E-state index in [0.29, 0.717) is 0 Å². The lowest BCUT2D eigenvalue weighted by Gasteiger charge is -2.29. The van der Waals surface area contributed by atoms with E-state index in [-0.39, 0.29) is 0 Å². The molecule has 0 heterocycles. The second-order valence-electron chi connectivity index (χ2n) is 14.1. The molecule has 0 fully saturated rings. The third-order valence-electron chi connectivity index (χ3n) is 10.9. The highest BCUT2D eigenvalue weighted by molar-refractivity contribution is 6.12. The average molecular weight is 700 g/mol. The number of benzene rings is 10. The Balaban J connectivity index is 1.14. The zero-order valence-corrected chi connectivity index (χ0v) is 30.3. The van der Waals surface area contributed by atoms with E-state index in [1.165, 1.54) is 76.8 Å².